The van der Waals surface area contributed by atoms with Crippen molar-refractivity contribution < 1.29 is 19.1 Å². The first-order chi connectivity index (χ1) is 11.6. The van der Waals surface area contributed by atoms with Crippen LogP contribution in [-0.2, 0) is 9.47 Å². The first-order valence-corrected chi connectivity index (χ1v) is 9.33. The summed E-state index contributed by atoms with van der Waals surface area (Å²) >= 11 is 1.61. The van der Waals surface area contributed by atoms with Gasteiger partial charge in [0.2, 0.25) is 0 Å². The van der Waals surface area contributed by atoms with Crippen LogP contribution in [0.1, 0.15) is 64.9 Å². The van der Waals surface area contributed by atoms with Crippen LogP contribution in [0, 0.1) is 0 Å². The highest BCUT2D eigenvalue weighted by Crippen LogP contribution is 2.33. The Morgan fingerprint density at radius 1 is 1.36 bits per heavy atom. The molecule has 8 heteroatoms. The van der Waals surface area contributed by atoms with Crippen molar-refractivity contribution in [3.63, 3.8) is 0 Å². The largest absolute Gasteiger partial charge is 0.447 e. The van der Waals surface area contributed by atoms with Crippen molar-refractivity contribution in [1.82, 2.24) is 9.88 Å². The second-order valence-electron chi connectivity index (χ2n) is 7.04. The van der Waals surface area contributed by atoms with Gasteiger partial charge in [-0.15, -0.1) is 11.3 Å². The van der Waals surface area contributed by atoms with Gasteiger partial charge < -0.3 is 15.2 Å². The quantitative estimate of drug-likeness (QED) is 0.844. The van der Waals surface area contributed by atoms with E-state index in [-0.39, 0.29) is 18.2 Å². The molecule has 1 unspecified atom stereocenters. The molecule has 142 valence electrons. The normalized spacial score (nSPS) is 17.5. The van der Waals surface area contributed by atoms with Gasteiger partial charge in [-0.25, -0.2) is 14.6 Å². The maximum absolute atomic E-state index is 12.2. The SMILES string of the molecule is CC(C)(C)OC(=O)N1CCCCC1c1nccs1.CC(C)OC(N)=O. The minimum absolute atomic E-state index is 0.0913. The molecule has 0 bridgehead atoms. The van der Waals surface area contributed by atoms with Crippen LogP contribution in [0.15, 0.2) is 11.6 Å². The van der Waals surface area contributed by atoms with Crippen molar-refractivity contribution in [2.45, 2.75) is 71.6 Å². The van der Waals surface area contributed by atoms with Gasteiger partial charge in [0.05, 0.1) is 12.1 Å². The third kappa shape index (κ3) is 8.20. The van der Waals surface area contributed by atoms with Crippen LogP contribution in [0.2, 0.25) is 0 Å². The molecule has 0 spiro atoms. The monoisotopic (exact) mass is 371 g/mol. The van der Waals surface area contributed by atoms with E-state index in [1.54, 1.807) is 31.4 Å². The Labute approximate surface area is 153 Å². The summed E-state index contributed by atoms with van der Waals surface area (Å²) in [5.41, 5.74) is 4.19. The Morgan fingerprint density at radius 3 is 2.48 bits per heavy atom. The molecule has 0 aromatic carbocycles. The minimum atomic E-state index is -0.713. The Hall–Kier alpha value is -1.83. The standard InChI is InChI=1S/C13H20N2O2S.C4H9NO2/c1-13(2,3)17-12(16)15-8-5-4-6-10(15)11-14-7-9-18-11;1-3(2)7-4(5)6/h7,9-10H,4-6,8H2,1-3H3;3H,1-2H3,(H2,5,6). The van der Waals surface area contributed by atoms with E-state index in [9.17, 15) is 9.59 Å². The number of ether oxygens (including phenoxy) is 2. The average Bonchev–Trinajstić information content (AvgIpc) is 2.98. The smallest absolute Gasteiger partial charge is 0.410 e. The van der Waals surface area contributed by atoms with Gasteiger partial charge in [0.1, 0.15) is 10.6 Å². The highest BCUT2D eigenvalue weighted by molar-refractivity contribution is 7.09. The number of thiazole rings is 1. The summed E-state index contributed by atoms with van der Waals surface area (Å²) in [6.45, 7) is 9.93. The molecule has 1 atom stereocenters. The number of piperidine rings is 1. The Morgan fingerprint density at radius 2 is 2.04 bits per heavy atom. The number of rotatable bonds is 2. The average molecular weight is 372 g/mol. The molecule has 1 aliphatic rings. The van der Waals surface area contributed by atoms with Crippen LogP contribution < -0.4 is 5.73 Å². The van der Waals surface area contributed by atoms with E-state index >= 15 is 0 Å². The number of primary amides is 1. The molecule has 1 aliphatic heterocycles. The summed E-state index contributed by atoms with van der Waals surface area (Å²) in [6, 6.07) is 0.0913. The predicted octanol–water partition coefficient (Wildman–Crippen LogP) is 4.10. The number of aromatic nitrogens is 1. The van der Waals surface area contributed by atoms with Gasteiger partial charge in [-0.3, -0.25) is 4.90 Å². The summed E-state index contributed by atoms with van der Waals surface area (Å²) in [7, 11) is 0. The molecular formula is C17H29N3O4S. The van der Waals surface area contributed by atoms with E-state index in [4.69, 9.17) is 4.74 Å². The maximum atomic E-state index is 12.2. The zero-order chi connectivity index (χ0) is 19.0. The van der Waals surface area contributed by atoms with Crippen molar-refractivity contribution in [3.05, 3.63) is 16.6 Å². The van der Waals surface area contributed by atoms with Crippen molar-refractivity contribution in [2.75, 3.05) is 6.54 Å². The topological polar surface area (TPSA) is 94.8 Å². The van der Waals surface area contributed by atoms with Gasteiger partial charge in [-0.2, -0.15) is 0 Å². The molecule has 0 saturated carbocycles. The second-order valence-corrected chi connectivity index (χ2v) is 7.97. The lowest BCUT2D eigenvalue weighted by atomic mass is 10.0. The number of carbonyl (C=O) groups excluding carboxylic acids is 2. The van der Waals surface area contributed by atoms with E-state index in [1.165, 1.54) is 0 Å². The fourth-order valence-corrected chi connectivity index (χ4v) is 3.14. The molecule has 2 heterocycles. The van der Waals surface area contributed by atoms with Crippen molar-refractivity contribution in [1.29, 1.82) is 0 Å². The first-order valence-electron chi connectivity index (χ1n) is 8.45. The van der Waals surface area contributed by atoms with Crippen molar-refractivity contribution in [2.24, 2.45) is 5.73 Å². The fourth-order valence-electron chi connectivity index (χ4n) is 2.36. The van der Waals surface area contributed by atoms with Crippen LogP contribution in [0.3, 0.4) is 0 Å². The predicted molar refractivity (Wildman–Crippen MR) is 97.5 cm³/mol. The van der Waals surface area contributed by atoms with E-state index in [0.717, 1.165) is 30.8 Å². The lowest BCUT2D eigenvalue weighted by Crippen LogP contribution is -2.41. The van der Waals surface area contributed by atoms with Gasteiger partial charge in [0.25, 0.3) is 0 Å². The molecule has 1 fully saturated rings. The van der Waals surface area contributed by atoms with Crippen LogP contribution >= 0.6 is 11.3 Å². The summed E-state index contributed by atoms with van der Waals surface area (Å²) < 4.78 is 9.86. The van der Waals surface area contributed by atoms with Gasteiger partial charge in [-0.1, -0.05) is 0 Å². The molecule has 1 aromatic rings. The third-order valence-corrected chi connectivity index (χ3v) is 4.10. The van der Waals surface area contributed by atoms with Crippen LogP contribution in [0.25, 0.3) is 0 Å². The van der Waals surface area contributed by atoms with Crippen LogP contribution in [0.4, 0.5) is 9.59 Å². The number of nitrogens with zero attached hydrogens (tertiary/aromatic N) is 2. The summed E-state index contributed by atoms with van der Waals surface area (Å²) in [6.07, 6.45) is 3.93. The summed E-state index contributed by atoms with van der Waals surface area (Å²) in [4.78, 5) is 28.2. The second kappa shape index (κ2) is 9.60. The van der Waals surface area contributed by atoms with Gasteiger partial charge in [0, 0.05) is 18.1 Å². The van der Waals surface area contributed by atoms with Crippen molar-refractivity contribution in [3.8, 4) is 0 Å². The molecule has 1 saturated heterocycles. The molecule has 1 aromatic heterocycles. The fraction of sp³-hybridized carbons (Fsp3) is 0.706. The van der Waals surface area contributed by atoms with E-state index in [2.05, 4.69) is 15.5 Å². The molecule has 25 heavy (non-hydrogen) atoms. The van der Waals surface area contributed by atoms with Crippen molar-refractivity contribution >= 4 is 23.5 Å². The molecule has 2 rings (SSSR count). The van der Waals surface area contributed by atoms with Crippen LogP contribution in [0.5, 0.6) is 0 Å². The van der Waals surface area contributed by atoms with Crippen LogP contribution in [-0.4, -0.2) is 40.3 Å². The Balaban J connectivity index is 0.000000381. The van der Waals surface area contributed by atoms with Gasteiger partial charge in [-0.05, 0) is 53.9 Å². The molecular weight excluding hydrogens is 342 g/mol. The Kier molecular flexibility index (Phi) is 8.15. The number of carbonyl (C=O) groups is 2. The number of hydrogen-bond acceptors (Lipinski definition) is 6. The lowest BCUT2D eigenvalue weighted by molar-refractivity contribution is 0.00948. The molecule has 0 radical (unpaired) electrons. The highest BCUT2D eigenvalue weighted by atomic mass is 32.1. The third-order valence-electron chi connectivity index (χ3n) is 3.22. The number of nitrogens with two attached hydrogens (primary N) is 1. The van der Waals surface area contributed by atoms with E-state index in [1.807, 2.05) is 31.1 Å². The zero-order valence-electron chi connectivity index (χ0n) is 15.7. The van der Waals surface area contributed by atoms with E-state index in [0.29, 0.717) is 0 Å². The number of likely N-dealkylation sites (tertiary alicyclic amines) is 1. The number of amides is 2. The summed E-state index contributed by atoms with van der Waals surface area (Å²) in [5, 5.41) is 2.97. The molecule has 0 aliphatic carbocycles. The summed E-state index contributed by atoms with van der Waals surface area (Å²) in [5.74, 6) is 0. The highest BCUT2D eigenvalue weighted by Gasteiger charge is 2.32. The molecule has 2 amide bonds. The van der Waals surface area contributed by atoms with E-state index < -0.39 is 11.7 Å². The first kappa shape index (κ1) is 21.2. The Bertz CT molecular complexity index is 541. The number of hydrogen-bond donors (Lipinski definition) is 1. The van der Waals surface area contributed by atoms with Gasteiger partial charge >= 0.3 is 12.2 Å². The lowest BCUT2D eigenvalue weighted by Gasteiger charge is -2.35. The maximum Gasteiger partial charge on any atom is 0.410 e. The molecule has 2 N–H and O–H groups in total. The minimum Gasteiger partial charge on any atom is -0.447 e. The zero-order valence-corrected chi connectivity index (χ0v) is 16.5. The van der Waals surface area contributed by atoms with Gasteiger partial charge in [0.15, 0.2) is 0 Å². The molecule has 7 nitrogen and oxygen atoms in total.